The Balaban J connectivity index is 1.98. The third kappa shape index (κ3) is 2.65. The van der Waals surface area contributed by atoms with E-state index >= 15 is 0 Å². The molecule has 0 saturated heterocycles. The quantitative estimate of drug-likeness (QED) is 0.753. The summed E-state index contributed by atoms with van der Waals surface area (Å²) >= 11 is 0. The first-order valence-corrected chi connectivity index (χ1v) is 6.76. The van der Waals surface area contributed by atoms with E-state index < -0.39 is 0 Å². The number of nitrogens with zero attached hydrogens (tertiary/aromatic N) is 2. The van der Waals surface area contributed by atoms with E-state index in [9.17, 15) is 14.3 Å². The van der Waals surface area contributed by atoms with Crippen molar-refractivity contribution in [3.05, 3.63) is 65.4 Å². The second-order valence-electron chi connectivity index (χ2n) is 5.10. The zero-order chi connectivity index (χ0) is 15.7. The minimum Gasteiger partial charge on any atom is -0.504 e. The lowest BCUT2D eigenvalue weighted by atomic mass is 10.0. The van der Waals surface area contributed by atoms with E-state index in [1.807, 2.05) is 6.07 Å². The Kier molecular flexibility index (Phi) is 3.55. The van der Waals surface area contributed by atoms with Crippen molar-refractivity contribution in [1.29, 1.82) is 0 Å². The van der Waals surface area contributed by atoms with E-state index in [1.54, 1.807) is 18.3 Å². The molecule has 3 aromatic rings. The molecule has 2 aromatic heterocycles. The van der Waals surface area contributed by atoms with Crippen molar-refractivity contribution in [1.82, 2.24) is 9.97 Å². The van der Waals surface area contributed by atoms with Gasteiger partial charge in [0.25, 0.3) is 0 Å². The van der Waals surface area contributed by atoms with Gasteiger partial charge >= 0.3 is 0 Å². The van der Waals surface area contributed by atoms with Crippen LogP contribution < -0.4 is 0 Å². The van der Waals surface area contributed by atoms with Gasteiger partial charge in [0, 0.05) is 24.7 Å². The normalized spacial score (nSPS) is 10.8. The first kappa shape index (κ1) is 14.1. The van der Waals surface area contributed by atoms with E-state index in [1.165, 1.54) is 25.3 Å². The number of ketones is 1. The number of pyridine rings is 2. The van der Waals surface area contributed by atoms with Crippen molar-refractivity contribution in [2.24, 2.45) is 0 Å². The van der Waals surface area contributed by atoms with Crippen molar-refractivity contribution in [3.8, 4) is 5.75 Å². The van der Waals surface area contributed by atoms with E-state index in [0.29, 0.717) is 17.3 Å². The standard InChI is InChI=1S/C17H13FN2O2/c1-10(21)15-17(22)16-13(9-20-15)7-12(8-19-16)6-11-2-4-14(18)5-3-11/h2-5,7-9,22H,6H2,1H3. The molecule has 22 heavy (non-hydrogen) atoms. The summed E-state index contributed by atoms with van der Waals surface area (Å²) in [6.45, 7) is 1.34. The van der Waals surface area contributed by atoms with Gasteiger partial charge in [-0.25, -0.2) is 9.37 Å². The number of halogens is 1. The molecule has 0 aliphatic heterocycles. The highest BCUT2D eigenvalue weighted by molar-refractivity contribution is 6.00. The van der Waals surface area contributed by atoms with Crippen molar-refractivity contribution in [2.45, 2.75) is 13.3 Å². The van der Waals surface area contributed by atoms with Crippen LogP contribution in [0.25, 0.3) is 10.9 Å². The lowest BCUT2D eigenvalue weighted by Crippen LogP contribution is -1.99. The number of aromatic nitrogens is 2. The molecule has 2 heterocycles. The molecule has 4 nitrogen and oxygen atoms in total. The fourth-order valence-corrected chi connectivity index (χ4v) is 2.32. The minimum atomic E-state index is -0.309. The highest BCUT2D eigenvalue weighted by Crippen LogP contribution is 2.26. The largest absolute Gasteiger partial charge is 0.504 e. The van der Waals surface area contributed by atoms with Crippen LogP contribution in [0.4, 0.5) is 4.39 Å². The fraction of sp³-hybridized carbons (Fsp3) is 0.118. The van der Waals surface area contributed by atoms with E-state index in [4.69, 9.17) is 0 Å². The zero-order valence-electron chi connectivity index (χ0n) is 11.9. The zero-order valence-corrected chi connectivity index (χ0v) is 11.9. The van der Waals surface area contributed by atoms with Gasteiger partial charge in [-0.1, -0.05) is 12.1 Å². The highest BCUT2D eigenvalue weighted by Gasteiger charge is 2.13. The lowest BCUT2D eigenvalue weighted by Gasteiger charge is -2.06. The molecule has 0 aliphatic carbocycles. The summed E-state index contributed by atoms with van der Waals surface area (Å²) in [5.41, 5.74) is 2.24. The molecule has 0 fully saturated rings. The van der Waals surface area contributed by atoms with Gasteiger partial charge in [-0.05, 0) is 35.7 Å². The molecule has 0 amide bonds. The third-order valence-corrected chi connectivity index (χ3v) is 3.41. The topological polar surface area (TPSA) is 63.1 Å². The van der Waals surface area contributed by atoms with Crippen LogP contribution in [-0.2, 0) is 6.42 Å². The maximum absolute atomic E-state index is 12.9. The van der Waals surface area contributed by atoms with Crippen LogP contribution in [0.15, 0.2) is 42.7 Å². The number of hydrogen-bond acceptors (Lipinski definition) is 4. The van der Waals surface area contributed by atoms with Crippen LogP contribution in [-0.4, -0.2) is 20.9 Å². The molecule has 0 atom stereocenters. The SMILES string of the molecule is CC(=O)c1ncc2cc(Cc3ccc(F)cc3)cnc2c1O. The summed E-state index contributed by atoms with van der Waals surface area (Å²) in [5, 5.41) is 10.7. The third-order valence-electron chi connectivity index (χ3n) is 3.41. The van der Waals surface area contributed by atoms with Gasteiger partial charge in [-0.2, -0.15) is 0 Å². The number of aromatic hydroxyl groups is 1. The lowest BCUT2D eigenvalue weighted by molar-refractivity contribution is 0.101. The Morgan fingerprint density at radius 2 is 1.86 bits per heavy atom. The number of Topliss-reactive ketones (excluding diaryl/α,β-unsaturated/α-hetero) is 1. The van der Waals surface area contributed by atoms with E-state index in [-0.39, 0.29) is 23.0 Å². The molecule has 0 bridgehead atoms. The summed E-state index contributed by atoms with van der Waals surface area (Å²) < 4.78 is 12.9. The van der Waals surface area contributed by atoms with Crippen LogP contribution in [0, 0.1) is 5.82 Å². The molecule has 1 aromatic carbocycles. The second-order valence-corrected chi connectivity index (χ2v) is 5.10. The molecule has 0 radical (unpaired) electrons. The van der Waals surface area contributed by atoms with Gasteiger partial charge in [-0.15, -0.1) is 0 Å². The highest BCUT2D eigenvalue weighted by atomic mass is 19.1. The number of benzene rings is 1. The van der Waals surface area contributed by atoms with Crippen LogP contribution >= 0.6 is 0 Å². The van der Waals surface area contributed by atoms with Crippen molar-refractivity contribution >= 4 is 16.7 Å². The number of carbonyl (C=O) groups excluding carboxylic acids is 1. The molecular weight excluding hydrogens is 283 g/mol. The van der Waals surface area contributed by atoms with Crippen LogP contribution in [0.1, 0.15) is 28.5 Å². The van der Waals surface area contributed by atoms with Gasteiger partial charge in [0.2, 0.25) is 0 Å². The molecule has 1 N–H and O–H groups in total. The van der Waals surface area contributed by atoms with Gasteiger partial charge in [0.1, 0.15) is 17.0 Å². The Bertz CT molecular complexity index is 860. The van der Waals surface area contributed by atoms with Crippen LogP contribution in [0.2, 0.25) is 0 Å². The van der Waals surface area contributed by atoms with Crippen LogP contribution in [0.3, 0.4) is 0 Å². The Labute approximate surface area is 126 Å². The minimum absolute atomic E-state index is 0.0197. The van der Waals surface area contributed by atoms with Gasteiger partial charge in [0.05, 0.1) is 0 Å². The summed E-state index contributed by atoms with van der Waals surface area (Å²) in [5.74, 6) is -0.777. The summed E-state index contributed by atoms with van der Waals surface area (Å²) in [6.07, 6.45) is 3.75. The van der Waals surface area contributed by atoms with E-state index in [0.717, 1.165) is 11.1 Å². The average Bonchev–Trinajstić information content (AvgIpc) is 2.49. The number of rotatable bonds is 3. The smallest absolute Gasteiger partial charge is 0.181 e. The maximum Gasteiger partial charge on any atom is 0.181 e. The maximum atomic E-state index is 12.9. The Morgan fingerprint density at radius 1 is 1.14 bits per heavy atom. The van der Waals surface area contributed by atoms with Gasteiger partial charge in [0.15, 0.2) is 11.5 Å². The second kappa shape index (κ2) is 5.52. The van der Waals surface area contributed by atoms with Gasteiger partial charge in [-0.3, -0.25) is 9.78 Å². The molecule has 3 rings (SSSR count). The first-order valence-electron chi connectivity index (χ1n) is 6.76. The fourth-order valence-electron chi connectivity index (χ4n) is 2.32. The summed E-state index contributed by atoms with van der Waals surface area (Å²) in [4.78, 5) is 19.6. The summed E-state index contributed by atoms with van der Waals surface area (Å²) in [6, 6.07) is 8.11. The van der Waals surface area contributed by atoms with Crippen molar-refractivity contribution < 1.29 is 14.3 Å². The predicted octanol–water partition coefficient (Wildman–Crippen LogP) is 3.27. The number of carbonyl (C=O) groups is 1. The molecule has 0 saturated carbocycles. The molecule has 0 unspecified atom stereocenters. The number of hydrogen-bond donors (Lipinski definition) is 1. The molecule has 0 spiro atoms. The average molecular weight is 296 g/mol. The van der Waals surface area contributed by atoms with E-state index in [2.05, 4.69) is 9.97 Å². The van der Waals surface area contributed by atoms with Crippen LogP contribution in [0.5, 0.6) is 5.75 Å². The molecule has 5 heteroatoms. The number of fused-ring (bicyclic) bond motifs is 1. The van der Waals surface area contributed by atoms with Crippen molar-refractivity contribution in [2.75, 3.05) is 0 Å². The van der Waals surface area contributed by atoms with Gasteiger partial charge < -0.3 is 5.11 Å². The predicted molar refractivity (Wildman–Crippen MR) is 80.4 cm³/mol. The monoisotopic (exact) mass is 296 g/mol. The Hall–Kier alpha value is -2.82. The molecular formula is C17H13FN2O2. The molecule has 0 aliphatic rings. The Morgan fingerprint density at radius 3 is 2.55 bits per heavy atom. The first-order chi connectivity index (χ1) is 10.5. The van der Waals surface area contributed by atoms with Crippen molar-refractivity contribution in [3.63, 3.8) is 0 Å². The summed E-state index contributed by atoms with van der Waals surface area (Å²) in [7, 11) is 0. The molecule has 110 valence electrons.